The summed E-state index contributed by atoms with van der Waals surface area (Å²) < 4.78 is 0. The summed E-state index contributed by atoms with van der Waals surface area (Å²) in [6.45, 7) is 6.75. The molecule has 0 spiro atoms. The fraction of sp³-hybridized carbons (Fsp3) is 0.250. The van der Waals surface area contributed by atoms with Gasteiger partial charge in [0.1, 0.15) is 6.04 Å². The van der Waals surface area contributed by atoms with Gasteiger partial charge in [-0.15, -0.1) is 0 Å². The van der Waals surface area contributed by atoms with Gasteiger partial charge in [0.2, 0.25) is 11.8 Å². The summed E-state index contributed by atoms with van der Waals surface area (Å²) in [5.74, 6) is -0.829. The molecule has 1 atom stereocenters. The Balaban J connectivity index is 2.05. The lowest BCUT2D eigenvalue weighted by atomic mass is 10.1. The molecule has 0 fully saturated rings. The third-order valence-electron chi connectivity index (χ3n) is 3.92. The Labute approximate surface area is 153 Å². The first-order chi connectivity index (χ1) is 12.3. The highest BCUT2D eigenvalue weighted by atomic mass is 16.2. The molecule has 3 N–H and O–H groups in total. The lowest BCUT2D eigenvalue weighted by molar-refractivity contribution is -0.117. The van der Waals surface area contributed by atoms with E-state index in [0.717, 1.165) is 11.1 Å². The molecule has 0 aromatic heterocycles. The molecule has 1 unspecified atom stereocenters. The minimum absolute atomic E-state index is 0.185. The fourth-order valence-corrected chi connectivity index (χ4v) is 2.47. The second-order valence-electron chi connectivity index (χ2n) is 6.21. The molecule has 0 aliphatic rings. The van der Waals surface area contributed by atoms with E-state index in [0.29, 0.717) is 16.9 Å². The molecule has 0 heterocycles. The quantitative estimate of drug-likeness (QED) is 0.772. The van der Waals surface area contributed by atoms with E-state index in [1.807, 2.05) is 13.0 Å². The molecule has 3 amide bonds. The van der Waals surface area contributed by atoms with Gasteiger partial charge >= 0.3 is 0 Å². The summed E-state index contributed by atoms with van der Waals surface area (Å²) in [6, 6.07) is 11.7. The van der Waals surface area contributed by atoms with Crippen LogP contribution < -0.4 is 16.0 Å². The summed E-state index contributed by atoms with van der Waals surface area (Å²) in [5.41, 5.74) is 3.44. The van der Waals surface area contributed by atoms with Crippen LogP contribution >= 0.6 is 0 Å². The number of nitrogens with one attached hydrogen (secondary N) is 3. The number of hydrogen-bond acceptors (Lipinski definition) is 3. The van der Waals surface area contributed by atoms with Crippen molar-refractivity contribution in [3.63, 3.8) is 0 Å². The normalized spacial score (nSPS) is 11.4. The molecule has 2 aromatic rings. The number of amides is 3. The zero-order chi connectivity index (χ0) is 19.3. The van der Waals surface area contributed by atoms with E-state index in [9.17, 15) is 14.4 Å². The van der Waals surface area contributed by atoms with E-state index in [-0.39, 0.29) is 17.7 Å². The number of rotatable bonds is 5. The first-order valence-corrected chi connectivity index (χ1v) is 8.33. The average molecular weight is 353 g/mol. The van der Waals surface area contributed by atoms with Crippen molar-refractivity contribution in [2.45, 2.75) is 33.7 Å². The van der Waals surface area contributed by atoms with Crippen LogP contribution in [0.2, 0.25) is 0 Å². The van der Waals surface area contributed by atoms with Crippen LogP contribution in [-0.2, 0) is 9.59 Å². The van der Waals surface area contributed by atoms with Gasteiger partial charge in [-0.25, -0.2) is 0 Å². The van der Waals surface area contributed by atoms with E-state index < -0.39 is 6.04 Å². The molecule has 0 radical (unpaired) electrons. The maximum Gasteiger partial charge on any atom is 0.251 e. The third-order valence-corrected chi connectivity index (χ3v) is 3.92. The Bertz CT molecular complexity index is 846. The Morgan fingerprint density at radius 3 is 2.15 bits per heavy atom. The van der Waals surface area contributed by atoms with Gasteiger partial charge in [-0.1, -0.05) is 23.8 Å². The number of anilines is 2. The molecule has 6 nitrogen and oxygen atoms in total. The SMILES string of the molecule is CC(=O)Nc1cccc(NC(=O)C(C)NC(=O)c2cccc(C)c2)c1C. The zero-order valence-corrected chi connectivity index (χ0v) is 15.3. The average Bonchev–Trinajstić information content (AvgIpc) is 2.57. The van der Waals surface area contributed by atoms with E-state index in [1.165, 1.54) is 6.92 Å². The van der Waals surface area contributed by atoms with E-state index in [4.69, 9.17) is 0 Å². The number of benzene rings is 2. The highest BCUT2D eigenvalue weighted by Crippen LogP contribution is 2.23. The van der Waals surface area contributed by atoms with Gasteiger partial charge in [0.15, 0.2) is 0 Å². The third kappa shape index (κ3) is 4.92. The van der Waals surface area contributed by atoms with Crippen LogP contribution in [0, 0.1) is 13.8 Å². The lowest BCUT2D eigenvalue weighted by Crippen LogP contribution is -2.41. The molecule has 2 aromatic carbocycles. The monoisotopic (exact) mass is 353 g/mol. The van der Waals surface area contributed by atoms with Crippen molar-refractivity contribution < 1.29 is 14.4 Å². The van der Waals surface area contributed by atoms with Gasteiger partial charge in [0.05, 0.1) is 0 Å². The maximum atomic E-state index is 12.4. The molecule has 0 saturated heterocycles. The number of aryl methyl sites for hydroxylation is 1. The van der Waals surface area contributed by atoms with Crippen LogP contribution in [-0.4, -0.2) is 23.8 Å². The Morgan fingerprint density at radius 2 is 1.54 bits per heavy atom. The van der Waals surface area contributed by atoms with Gasteiger partial charge < -0.3 is 16.0 Å². The first kappa shape index (κ1) is 19.2. The summed E-state index contributed by atoms with van der Waals surface area (Å²) >= 11 is 0. The Morgan fingerprint density at radius 1 is 0.923 bits per heavy atom. The van der Waals surface area contributed by atoms with Gasteiger partial charge in [0, 0.05) is 23.9 Å². The molecule has 6 heteroatoms. The van der Waals surface area contributed by atoms with Crippen molar-refractivity contribution in [1.29, 1.82) is 0 Å². The van der Waals surface area contributed by atoms with Gasteiger partial charge in [0.25, 0.3) is 5.91 Å². The van der Waals surface area contributed by atoms with Crippen molar-refractivity contribution in [3.05, 3.63) is 59.2 Å². The second-order valence-corrected chi connectivity index (χ2v) is 6.21. The van der Waals surface area contributed by atoms with Crippen LogP contribution in [0.1, 0.15) is 35.3 Å². The first-order valence-electron chi connectivity index (χ1n) is 8.33. The summed E-state index contributed by atoms with van der Waals surface area (Å²) in [4.78, 5) is 35.9. The topological polar surface area (TPSA) is 87.3 Å². The number of hydrogen-bond donors (Lipinski definition) is 3. The molecule has 0 bridgehead atoms. The lowest BCUT2D eigenvalue weighted by Gasteiger charge is -2.17. The predicted octanol–water partition coefficient (Wildman–Crippen LogP) is 3.02. The second kappa shape index (κ2) is 8.29. The molecule has 0 saturated carbocycles. The van der Waals surface area contributed by atoms with Gasteiger partial charge in [-0.3, -0.25) is 14.4 Å². The molecular weight excluding hydrogens is 330 g/mol. The number of carbonyl (C=O) groups excluding carboxylic acids is 3. The summed E-state index contributed by atoms with van der Waals surface area (Å²) in [7, 11) is 0. The minimum Gasteiger partial charge on any atom is -0.341 e. The van der Waals surface area contributed by atoms with Crippen LogP contribution in [0.15, 0.2) is 42.5 Å². The number of carbonyl (C=O) groups is 3. The molecule has 136 valence electrons. The molecule has 2 rings (SSSR count). The Kier molecular flexibility index (Phi) is 6.11. The fourth-order valence-electron chi connectivity index (χ4n) is 2.47. The summed E-state index contributed by atoms with van der Waals surface area (Å²) in [5, 5.41) is 8.19. The molecule has 26 heavy (non-hydrogen) atoms. The molecular formula is C20H23N3O3. The minimum atomic E-state index is -0.716. The smallest absolute Gasteiger partial charge is 0.251 e. The van der Waals surface area contributed by atoms with E-state index >= 15 is 0 Å². The largest absolute Gasteiger partial charge is 0.341 e. The van der Waals surface area contributed by atoms with Gasteiger partial charge in [-0.05, 0) is 50.6 Å². The van der Waals surface area contributed by atoms with E-state index in [1.54, 1.807) is 50.2 Å². The molecule has 0 aliphatic heterocycles. The van der Waals surface area contributed by atoms with Crippen LogP contribution in [0.4, 0.5) is 11.4 Å². The van der Waals surface area contributed by atoms with Crippen LogP contribution in [0.5, 0.6) is 0 Å². The summed E-state index contributed by atoms with van der Waals surface area (Å²) in [6.07, 6.45) is 0. The van der Waals surface area contributed by atoms with E-state index in [2.05, 4.69) is 16.0 Å². The van der Waals surface area contributed by atoms with Crippen LogP contribution in [0.25, 0.3) is 0 Å². The maximum absolute atomic E-state index is 12.4. The van der Waals surface area contributed by atoms with Crippen LogP contribution in [0.3, 0.4) is 0 Å². The van der Waals surface area contributed by atoms with Crippen molar-refractivity contribution >= 4 is 29.1 Å². The highest BCUT2D eigenvalue weighted by Gasteiger charge is 2.18. The standard InChI is InChI=1S/C20H23N3O3/c1-12-7-5-8-16(11-12)20(26)21-14(3)19(25)23-18-10-6-9-17(13(18)2)22-15(4)24/h5-11,14H,1-4H3,(H,21,26)(H,22,24)(H,23,25). The Hall–Kier alpha value is -3.15. The van der Waals surface area contributed by atoms with Gasteiger partial charge in [-0.2, -0.15) is 0 Å². The molecule has 0 aliphatic carbocycles. The van der Waals surface area contributed by atoms with Crippen molar-refractivity contribution in [3.8, 4) is 0 Å². The predicted molar refractivity (Wildman–Crippen MR) is 102 cm³/mol. The zero-order valence-electron chi connectivity index (χ0n) is 15.3. The van der Waals surface area contributed by atoms with Crippen molar-refractivity contribution in [2.75, 3.05) is 10.6 Å². The highest BCUT2D eigenvalue weighted by molar-refractivity contribution is 6.02. The van der Waals surface area contributed by atoms with Crippen molar-refractivity contribution in [1.82, 2.24) is 5.32 Å². The van der Waals surface area contributed by atoms with Crippen molar-refractivity contribution in [2.24, 2.45) is 0 Å².